The summed E-state index contributed by atoms with van der Waals surface area (Å²) in [5.41, 5.74) is 2.09. The topological polar surface area (TPSA) is 64.4 Å². The van der Waals surface area contributed by atoms with Gasteiger partial charge in [0.2, 0.25) is 0 Å². The fourth-order valence-electron chi connectivity index (χ4n) is 3.82. The molecule has 35 heavy (non-hydrogen) atoms. The van der Waals surface area contributed by atoms with Crippen molar-refractivity contribution in [2.24, 2.45) is 0 Å². The first-order valence-electron chi connectivity index (χ1n) is 11.3. The van der Waals surface area contributed by atoms with Crippen molar-refractivity contribution in [3.63, 3.8) is 0 Å². The SMILES string of the molecule is CCN(CC)C(=O)c1ccc2c(=O)n(-c3ccc(OC)cc3)c(SCc3cccc(F)c3)nc2c1. The van der Waals surface area contributed by atoms with E-state index in [-0.39, 0.29) is 17.3 Å². The minimum atomic E-state index is -0.318. The Morgan fingerprint density at radius 2 is 1.80 bits per heavy atom. The zero-order valence-electron chi connectivity index (χ0n) is 19.8. The molecule has 1 heterocycles. The van der Waals surface area contributed by atoms with Crippen LogP contribution in [0.4, 0.5) is 4.39 Å². The highest BCUT2D eigenvalue weighted by Gasteiger charge is 2.18. The van der Waals surface area contributed by atoms with Gasteiger partial charge in [0.15, 0.2) is 5.16 Å². The Labute approximate surface area is 207 Å². The smallest absolute Gasteiger partial charge is 0.266 e. The second-order valence-corrected chi connectivity index (χ2v) is 8.80. The first-order valence-corrected chi connectivity index (χ1v) is 12.3. The van der Waals surface area contributed by atoms with Crippen LogP contribution in [0.15, 0.2) is 76.7 Å². The lowest BCUT2D eigenvalue weighted by Crippen LogP contribution is -2.30. The summed E-state index contributed by atoms with van der Waals surface area (Å²) in [6.45, 7) is 5.04. The summed E-state index contributed by atoms with van der Waals surface area (Å²) in [5, 5.41) is 0.858. The van der Waals surface area contributed by atoms with Gasteiger partial charge in [0.1, 0.15) is 11.6 Å². The molecular formula is C27H26FN3O3S. The maximum atomic E-state index is 13.7. The van der Waals surface area contributed by atoms with Crippen molar-refractivity contribution in [2.45, 2.75) is 24.8 Å². The first kappa shape index (κ1) is 24.5. The molecule has 0 fully saturated rings. The Bertz CT molecular complexity index is 1420. The van der Waals surface area contributed by atoms with Gasteiger partial charge in [-0.25, -0.2) is 9.37 Å². The van der Waals surface area contributed by atoms with Crippen LogP contribution in [0, 0.1) is 5.82 Å². The normalized spacial score (nSPS) is 11.0. The van der Waals surface area contributed by atoms with Crippen LogP contribution in [0.2, 0.25) is 0 Å². The number of aromatic nitrogens is 2. The average molecular weight is 492 g/mol. The van der Waals surface area contributed by atoms with E-state index in [1.165, 1.54) is 28.5 Å². The molecule has 0 atom stereocenters. The second-order valence-electron chi connectivity index (χ2n) is 7.86. The molecule has 0 spiro atoms. The van der Waals surface area contributed by atoms with Crippen molar-refractivity contribution in [3.8, 4) is 11.4 Å². The zero-order valence-corrected chi connectivity index (χ0v) is 20.6. The lowest BCUT2D eigenvalue weighted by atomic mass is 10.1. The number of thioether (sulfide) groups is 1. The van der Waals surface area contributed by atoms with E-state index in [1.54, 1.807) is 60.5 Å². The molecule has 4 aromatic rings. The summed E-state index contributed by atoms with van der Waals surface area (Å²) >= 11 is 1.33. The van der Waals surface area contributed by atoms with Crippen LogP contribution >= 0.6 is 11.8 Å². The van der Waals surface area contributed by atoms with E-state index in [2.05, 4.69) is 0 Å². The van der Waals surface area contributed by atoms with Crippen molar-refractivity contribution >= 4 is 28.6 Å². The summed E-state index contributed by atoms with van der Waals surface area (Å²) in [4.78, 5) is 33.0. The number of ether oxygens (including phenoxy) is 1. The number of rotatable bonds is 8. The van der Waals surface area contributed by atoms with Crippen molar-refractivity contribution in [1.29, 1.82) is 0 Å². The molecule has 0 saturated carbocycles. The fourth-order valence-corrected chi connectivity index (χ4v) is 4.78. The van der Waals surface area contributed by atoms with Crippen LogP contribution < -0.4 is 10.3 Å². The van der Waals surface area contributed by atoms with Gasteiger partial charge in [0.05, 0.1) is 23.7 Å². The van der Waals surface area contributed by atoms with Crippen LogP contribution in [0.1, 0.15) is 29.8 Å². The molecule has 3 aromatic carbocycles. The third-order valence-corrected chi connectivity index (χ3v) is 6.73. The van der Waals surface area contributed by atoms with Crippen LogP contribution in [0.5, 0.6) is 5.75 Å². The van der Waals surface area contributed by atoms with Crippen molar-refractivity contribution < 1.29 is 13.9 Å². The van der Waals surface area contributed by atoms with Crippen molar-refractivity contribution in [1.82, 2.24) is 14.5 Å². The molecule has 1 amide bonds. The number of hydrogen-bond donors (Lipinski definition) is 0. The van der Waals surface area contributed by atoms with Crippen molar-refractivity contribution in [3.05, 3.63) is 94.0 Å². The van der Waals surface area contributed by atoms with E-state index in [1.807, 2.05) is 19.9 Å². The Morgan fingerprint density at radius 1 is 1.06 bits per heavy atom. The number of amides is 1. The van der Waals surface area contributed by atoms with Gasteiger partial charge in [-0.3, -0.25) is 14.2 Å². The predicted octanol–water partition coefficient (Wildman–Crippen LogP) is 5.31. The monoisotopic (exact) mass is 491 g/mol. The van der Waals surface area contributed by atoms with E-state index < -0.39 is 0 Å². The van der Waals surface area contributed by atoms with Gasteiger partial charge in [-0.15, -0.1) is 0 Å². The molecule has 1 aromatic heterocycles. The zero-order chi connectivity index (χ0) is 24.9. The van der Waals surface area contributed by atoms with E-state index in [4.69, 9.17) is 9.72 Å². The molecule has 0 bridgehead atoms. The summed E-state index contributed by atoms with van der Waals surface area (Å²) < 4.78 is 20.5. The quantitative estimate of drug-likeness (QED) is 0.247. The Kier molecular flexibility index (Phi) is 7.51. The van der Waals surface area contributed by atoms with Gasteiger partial charge in [-0.05, 0) is 74.0 Å². The molecule has 0 unspecified atom stereocenters. The Balaban J connectivity index is 1.83. The van der Waals surface area contributed by atoms with E-state index in [0.29, 0.717) is 51.9 Å². The highest BCUT2D eigenvalue weighted by molar-refractivity contribution is 7.98. The molecule has 0 aliphatic carbocycles. The van der Waals surface area contributed by atoms with Gasteiger partial charge in [-0.1, -0.05) is 23.9 Å². The molecule has 0 aliphatic heterocycles. The Morgan fingerprint density at radius 3 is 2.46 bits per heavy atom. The summed E-state index contributed by atoms with van der Waals surface area (Å²) in [6, 6.07) is 18.5. The van der Waals surface area contributed by atoms with Crippen molar-refractivity contribution in [2.75, 3.05) is 20.2 Å². The molecule has 0 aliphatic rings. The largest absolute Gasteiger partial charge is 0.497 e. The van der Waals surface area contributed by atoms with Gasteiger partial charge in [0, 0.05) is 24.4 Å². The standard InChI is InChI=1S/C27H26FN3O3S/c1-4-30(5-2)25(32)19-9-14-23-24(16-19)29-27(35-17-18-7-6-8-20(28)15-18)31(26(23)33)21-10-12-22(34-3)13-11-21/h6-16H,4-5,17H2,1-3H3. The number of carbonyl (C=O) groups is 1. The number of hydrogen-bond acceptors (Lipinski definition) is 5. The highest BCUT2D eigenvalue weighted by atomic mass is 32.2. The molecule has 180 valence electrons. The van der Waals surface area contributed by atoms with Gasteiger partial charge >= 0.3 is 0 Å². The minimum absolute atomic E-state index is 0.105. The first-order chi connectivity index (χ1) is 16.9. The molecule has 0 N–H and O–H groups in total. The van der Waals surface area contributed by atoms with E-state index >= 15 is 0 Å². The van der Waals surface area contributed by atoms with Crippen LogP contribution in [0.3, 0.4) is 0 Å². The minimum Gasteiger partial charge on any atom is -0.497 e. The third kappa shape index (κ3) is 5.22. The summed E-state index contributed by atoms with van der Waals surface area (Å²) in [7, 11) is 1.58. The maximum absolute atomic E-state index is 13.7. The average Bonchev–Trinajstić information content (AvgIpc) is 2.88. The molecule has 4 rings (SSSR count). The number of carbonyl (C=O) groups excluding carboxylic acids is 1. The van der Waals surface area contributed by atoms with Crippen LogP contribution in [-0.4, -0.2) is 40.6 Å². The summed E-state index contributed by atoms with van der Waals surface area (Å²) in [5.74, 6) is 0.668. The van der Waals surface area contributed by atoms with E-state index in [9.17, 15) is 14.0 Å². The lowest BCUT2D eigenvalue weighted by molar-refractivity contribution is 0.0773. The molecule has 0 saturated heterocycles. The predicted molar refractivity (Wildman–Crippen MR) is 137 cm³/mol. The summed E-state index contributed by atoms with van der Waals surface area (Å²) in [6.07, 6.45) is 0. The maximum Gasteiger partial charge on any atom is 0.266 e. The fraction of sp³-hybridized carbons (Fsp3) is 0.222. The lowest BCUT2D eigenvalue weighted by Gasteiger charge is -2.19. The number of nitrogens with zero attached hydrogens (tertiary/aromatic N) is 3. The third-order valence-electron chi connectivity index (χ3n) is 5.72. The van der Waals surface area contributed by atoms with Crippen LogP contribution in [0.25, 0.3) is 16.6 Å². The van der Waals surface area contributed by atoms with Crippen LogP contribution in [-0.2, 0) is 5.75 Å². The number of fused-ring (bicyclic) bond motifs is 1. The van der Waals surface area contributed by atoms with E-state index in [0.717, 1.165) is 5.56 Å². The molecule has 0 radical (unpaired) electrons. The second kappa shape index (κ2) is 10.7. The van der Waals surface area contributed by atoms with Gasteiger partial charge in [-0.2, -0.15) is 0 Å². The van der Waals surface area contributed by atoms with Gasteiger partial charge in [0.25, 0.3) is 11.5 Å². The molecular weight excluding hydrogens is 465 g/mol. The van der Waals surface area contributed by atoms with Gasteiger partial charge < -0.3 is 9.64 Å². The number of benzene rings is 3. The molecule has 8 heteroatoms. The Hall–Kier alpha value is -3.65. The highest BCUT2D eigenvalue weighted by Crippen LogP contribution is 2.26. The number of methoxy groups -OCH3 is 1. The molecule has 6 nitrogen and oxygen atoms in total. The number of halogens is 1.